The van der Waals surface area contributed by atoms with Gasteiger partial charge in [0.15, 0.2) is 0 Å². The first-order valence-electron chi connectivity index (χ1n) is 5.94. The van der Waals surface area contributed by atoms with Gasteiger partial charge in [-0.15, -0.1) is 0 Å². The molecule has 0 aliphatic carbocycles. The van der Waals surface area contributed by atoms with Gasteiger partial charge in [0.05, 0.1) is 6.61 Å². The zero-order valence-electron chi connectivity index (χ0n) is 11.0. The molecule has 1 aromatic heterocycles. The number of nitrogens with zero attached hydrogens (tertiary/aromatic N) is 1. The van der Waals surface area contributed by atoms with E-state index in [1.807, 2.05) is 0 Å². The highest BCUT2D eigenvalue weighted by Gasteiger charge is 2.12. The number of nitrogens with one attached hydrogen (secondary N) is 1. The van der Waals surface area contributed by atoms with E-state index in [1.54, 1.807) is 6.20 Å². The van der Waals surface area contributed by atoms with Gasteiger partial charge in [-0.2, -0.15) is 0 Å². The molecule has 1 rings (SSSR count). The second kappa shape index (κ2) is 6.36. The number of ether oxygens (including phenoxy) is 1. The first-order chi connectivity index (χ1) is 7.92. The molecule has 3 nitrogen and oxygen atoms in total. The van der Waals surface area contributed by atoms with Gasteiger partial charge in [0.2, 0.25) is 5.88 Å². The Morgan fingerprint density at radius 2 is 2.12 bits per heavy atom. The van der Waals surface area contributed by atoms with Crippen molar-refractivity contribution in [2.24, 2.45) is 0 Å². The van der Waals surface area contributed by atoms with Crippen LogP contribution in [0.4, 0.5) is 0 Å². The van der Waals surface area contributed by atoms with E-state index in [9.17, 15) is 0 Å². The molecule has 0 amide bonds. The zero-order valence-corrected chi connectivity index (χ0v) is 12.6. The monoisotopic (exact) mass is 300 g/mol. The Hall–Kier alpha value is -0.610. The van der Waals surface area contributed by atoms with Gasteiger partial charge in [-0.3, -0.25) is 0 Å². The standard InChI is InChI=1S/C13H21BrN2O/c1-5-6-17-12-10(7-11(14)9-15-12)8-16-13(2,3)4/h7,9,16H,5-6,8H2,1-4H3. The maximum Gasteiger partial charge on any atom is 0.217 e. The highest BCUT2D eigenvalue weighted by Crippen LogP contribution is 2.20. The van der Waals surface area contributed by atoms with E-state index in [1.165, 1.54) is 0 Å². The van der Waals surface area contributed by atoms with E-state index in [4.69, 9.17) is 4.74 Å². The van der Waals surface area contributed by atoms with E-state index >= 15 is 0 Å². The molecule has 96 valence electrons. The van der Waals surface area contributed by atoms with E-state index in [-0.39, 0.29) is 5.54 Å². The van der Waals surface area contributed by atoms with Gasteiger partial charge in [0, 0.05) is 28.3 Å². The highest BCUT2D eigenvalue weighted by molar-refractivity contribution is 9.10. The zero-order chi connectivity index (χ0) is 12.9. The van der Waals surface area contributed by atoms with E-state index in [0.717, 1.165) is 28.9 Å². The van der Waals surface area contributed by atoms with Crippen LogP contribution in [0, 0.1) is 0 Å². The van der Waals surface area contributed by atoms with Gasteiger partial charge in [0.25, 0.3) is 0 Å². The Morgan fingerprint density at radius 1 is 1.41 bits per heavy atom. The van der Waals surface area contributed by atoms with Crippen molar-refractivity contribution >= 4 is 15.9 Å². The Balaban J connectivity index is 2.76. The Morgan fingerprint density at radius 3 is 2.71 bits per heavy atom. The molecular formula is C13H21BrN2O. The quantitative estimate of drug-likeness (QED) is 0.903. The first kappa shape index (κ1) is 14.5. The van der Waals surface area contributed by atoms with Crippen LogP contribution < -0.4 is 10.1 Å². The van der Waals surface area contributed by atoms with Crippen LogP contribution in [-0.2, 0) is 6.54 Å². The Kier molecular flexibility index (Phi) is 5.40. The normalized spacial score (nSPS) is 11.6. The van der Waals surface area contributed by atoms with Gasteiger partial charge >= 0.3 is 0 Å². The molecule has 1 N–H and O–H groups in total. The predicted octanol–water partition coefficient (Wildman–Crippen LogP) is 3.52. The summed E-state index contributed by atoms with van der Waals surface area (Å²) in [7, 11) is 0. The molecule has 1 heterocycles. The second-order valence-electron chi connectivity index (χ2n) is 5.07. The van der Waals surface area contributed by atoms with Crippen molar-refractivity contribution in [3.05, 3.63) is 22.3 Å². The van der Waals surface area contributed by atoms with Crippen LogP contribution in [0.15, 0.2) is 16.7 Å². The third kappa shape index (κ3) is 5.50. The lowest BCUT2D eigenvalue weighted by Crippen LogP contribution is -2.35. The molecule has 4 heteroatoms. The third-order valence-corrected chi connectivity index (χ3v) is 2.58. The van der Waals surface area contributed by atoms with E-state index < -0.39 is 0 Å². The molecule has 0 saturated carbocycles. The topological polar surface area (TPSA) is 34.1 Å². The molecule has 17 heavy (non-hydrogen) atoms. The smallest absolute Gasteiger partial charge is 0.217 e. The number of hydrogen-bond donors (Lipinski definition) is 1. The average molecular weight is 301 g/mol. The molecule has 0 saturated heterocycles. The van der Waals surface area contributed by atoms with Crippen LogP contribution in [0.25, 0.3) is 0 Å². The van der Waals surface area contributed by atoms with Crippen molar-refractivity contribution in [3.63, 3.8) is 0 Å². The van der Waals surface area contributed by atoms with E-state index in [2.05, 4.69) is 60.0 Å². The van der Waals surface area contributed by atoms with Crippen LogP contribution in [0.1, 0.15) is 39.7 Å². The molecule has 0 radical (unpaired) electrons. The summed E-state index contributed by atoms with van der Waals surface area (Å²) < 4.78 is 6.61. The van der Waals surface area contributed by atoms with Crippen molar-refractivity contribution in [3.8, 4) is 5.88 Å². The summed E-state index contributed by atoms with van der Waals surface area (Å²) >= 11 is 3.44. The van der Waals surface area contributed by atoms with Crippen LogP contribution in [-0.4, -0.2) is 17.1 Å². The molecular weight excluding hydrogens is 280 g/mol. The maximum absolute atomic E-state index is 5.63. The lowest BCUT2D eigenvalue weighted by Gasteiger charge is -2.21. The summed E-state index contributed by atoms with van der Waals surface area (Å²) in [6.45, 7) is 9.99. The summed E-state index contributed by atoms with van der Waals surface area (Å²) in [5, 5.41) is 3.44. The minimum atomic E-state index is 0.0876. The lowest BCUT2D eigenvalue weighted by atomic mass is 10.1. The van der Waals surface area contributed by atoms with E-state index in [0.29, 0.717) is 6.61 Å². The molecule has 0 spiro atoms. The number of pyridine rings is 1. The van der Waals surface area contributed by atoms with Crippen molar-refractivity contribution in [1.82, 2.24) is 10.3 Å². The molecule has 0 aromatic carbocycles. The van der Waals surface area contributed by atoms with Gasteiger partial charge in [-0.25, -0.2) is 4.98 Å². The molecule has 0 unspecified atom stereocenters. The fourth-order valence-electron chi connectivity index (χ4n) is 1.28. The number of aromatic nitrogens is 1. The molecule has 0 atom stereocenters. The SMILES string of the molecule is CCCOc1ncc(Br)cc1CNC(C)(C)C. The van der Waals surface area contributed by atoms with Gasteiger partial charge in [-0.1, -0.05) is 6.92 Å². The number of rotatable bonds is 5. The highest BCUT2D eigenvalue weighted by atomic mass is 79.9. The first-order valence-corrected chi connectivity index (χ1v) is 6.74. The van der Waals surface area contributed by atoms with Crippen molar-refractivity contribution in [2.45, 2.75) is 46.2 Å². The largest absolute Gasteiger partial charge is 0.477 e. The lowest BCUT2D eigenvalue weighted by molar-refractivity contribution is 0.298. The van der Waals surface area contributed by atoms with Crippen LogP contribution in [0.3, 0.4) is 0 Å². The molecule has 0 aliphatic heterocycles. The van der Waals surface area contributed by atoms with Crippen LogP contribution in [0.2, 0.25) is 0 Å². The summed E-state index contributed by atoms with van der Waals surface area (Å²) in [5.41, 5.74) is 1.17. The van der Waals surface area contributed by atoms with Crippen LogP contribution in [0.5, 0.6) is 5.88 Å². The molecule has 0 aliphatic rings. The molecule has 0 fully saturated rings. The predicted molar refractivity (Wildman–Crippen MR) is 74.3 cm³/mol. The van der Waals surface area contributed by atoms with Gasteiger partial charge < -0.3 is 10.1 Å². The van der Waals surface area contributed by atoms with Crippen molar-refractivity contribution in [1.29, 1.82) is 0 Å². The van der Waals surface area contributed by atoms with Crippen molar-refractivity contribution < 1.29 is 4.74 Å². The van der Waals surface area contributed by atoms with Gasteiger partial charge in [0.1, 0.15) is 0 Å². The summed E-state index contributed by atoms with van der Waals surface area (Å²) in [4.78, 5) is 4.31. The van der Waals surface area contributed by atoms with Crippen LogP contribution >= 0.6 is 15.9 Å². The number of hydrogen-bond acceptors (Lipinski definition) is 3. The fraction of sp³-hybridized carbons (Fsp3) is 0.615. The molecule has 1 aromatic rings. The Labute approximate surface area is 112 Å². The summed E-state index contributed by atoms with van der Waals surface area (Å²) in [6.07, 6.45) is 2.76. The minimum absolute atomic E-state index is 0.0876. The Bertz CT molecular complexity index is 361. The summed E-state index contributed by atoms with van der Waals surface area (Å²) in [5.74, 6) is 0.729. The minimum Gasteiger partial charge on any atom is -0.477 e. The van der Waals surface area contributed by atoms with Gasteiger partial charge in [-0.05, 0) is 49.2 Å². The maximum atomic E-state index is 5.63. The third-order valence-electron chi connectivity index (χ3n) is 2.14. The second-order valence-corrected chi connectivity index (χ2v) is 5.99. The summed E-state index contributed by atoms with van der Waals surface area (Å²) in [6, 6.07) is 2.05. The fourth-order valence-corrected chi connectivity index (χ4v) is 1.66. The number of halogens is 1. The average Bonchev–Trinajstić information content (AvgIpc) is 2.24. The van der Waals surface area contributed by atoms with Crippen molar-refractivity contribution in [2.75, 3.05) is 6.61 Å². The molecule has 0 bridgehead atoms.